The van der Waals surface area contributed by atoms with E-state index in [4.69, 9.17) is 0 Å². The Labute approximate surface area is 105 Å². The first kappa shape index (κ1) is 11.1. The zero-order chi connectivity index (χ0) is 12.2. The van der Waals surface area contributed by atoms with Crippen LogP contribution in [-0.4, -0.2) is 20.9 Å². The van der Waals surface area contributed by atoms with Gasteiger partial charge in [-0.15, -0.1) is 11.8 Å². The van der Waals surface area contributed by atoms with Gasteiger partial charge in [-0.25, -0.2) is 0 Å². The van der Waals surface area contributed by atoms with Gasteiger partial charge in [-0.3, -0.25) is 4.79 Å². The third-order valence-corrected chi connectivity index (χ3v) is 5.83. The number of aliphatic hydroxyl groups is 1. The summed E-state index contributed by atoms with van der Waals surface area (Å²) >= 11 is 1.78. The molecular formula is C14H16O2S. The Kier molecular flexibility index (Phi) is 2.31. The highest BCUT2D eigenvalue weighted by Crippen LogP contribution is 2.53. The number of ketones is 1. The molecule has 0 bridgehead atoms. The molecule has 0 aromatic heterocycles. The lowest BCUT2D eigenvalue weighted by Crippen LogP contribution is -2.47. The van der Waals surface area contributed by atoms with E-state index in [-0.39, 0.29) is 10.00 Å². The molecule has 1 N–H and O–H groups in total. The summed E-state index contributed by atoms with van der Waals surface area (Å²) in [5, 5.41) is 10.2. The maximum absolute atomic E-state index is 11.8. The van der Waals surface area contributed by atoms with Crippen LogP contribution in [0.3, 0.4) is 0 Å². The molecule has 1 spiro atoms. The number of carbonyl (C=O) groups is 1. The standard InChI is InChI=1S/C14H16O2S/c1-8-7-11-10(9(2)13(8)16)3-5-14(17-11)6-4-12(14)15/h3,7,11,16H,4-6H2,1-2H3. The predicted octanol–water partition coefficient (Wildman–Crippen LogP) is 3.31. The molecule has 0 radical (unpaired) electrons. The number of aliphatic hydroxyl groups excluding tert-OH is 1. The lowest BCUT2D eigenvalue weighted by molar-refractivity contribution is -0.126. The van der Waals surface area contributed by atoms with Crippen LogP contribution in [0.1, 0.15) is 33.1 Å². The van der Waals surface area contributed by atoms with Gasteiger partial charge in [-0.1, -0.05) is 12.2 Å². The second-order valence-electron chi connectivity index (χ2n) is 5.14. The third-order valence-electron chi connectivity index (χ3n) is 4.14. The van der Waals surface area contributed by atoms with Crippen LogP contribution in [0.5, 0.6) is 0 Å². The first-order valence-electron chi connectivity index (χ1n) is 6.04. The van der Waals surface area contributed by atoms with Crippen LogP contribution in [0.2, 0.25) is 0 Å². The topological polar surface area (TPSA) is 37.3 Å². The van der Waals surface area contributed by atoms with Crippen molar-refractivity contribution in [3.63, 3.8) is 0 Å². The van der Waals surface area contributed by atoms with Crippen LogP contribution >= 0.6 is 11.8 Å². The summed E-state index contributed by atoms with van der Waals surface area (Å²) in [6.45, 7) is 3.89. The van der Waals surface area contributed by atoms with Crippen molar-refractivity contribution in [3.05, 3.63) is 34.6 Å². The Bertz CT molecular complexity index is 498. The van der Waals surface area contributed by atoms with Crippen molar-refractivity contribution >= 4 is 17.5 Å². The molecule has 1 fully saturated rings. The van der Waals surface area contributed by atoms with E-state index >= 15 is 0 Å². The molecule has 3 aliphatic rings. The van der Waals surface area contributed by atoms with Crippen molar-refractivity contribution in [1.29, 1.82) is 0 Å². The molecule has 2 aliphatic carbocycles. The molecule has 0 amide bonds. The average Bonchev–Trinajstić information content (AvgIpc) is 2.33. The van der Waals surface area contributed by atoms with Crippen LogP contribution in [-0.2, 0) is 4.79 Å². The van der Waals surface area contributed by atoms with Crippen molar-refractivity contribution < 1.29 is 9.90 Å². The van der Waals surface area contributed by atoms with Gasteiger partial charge in [-0.05, 0) is 43.4 Å². The number of rotatable bonds is 0. The molecule has 1 aliphatic heterocycles. The molecule has 0 aromatic carbocycles. The Hall–Kier alpha value is -0.960. The number of hydrogen-bond donors (Lipinski definition) is 1. The highest BCUT2D eigenvalue weighted by molar-refractivity contribution is 8.02. The predicted molar refractivity (Wildman–Crippen MR) is 70.1 cm³/mol. The lowest BCUT2D eigenvalue weighted by Gasteiger charge is -2.45. The van der Waals surface area contributed by atoms with E-state index in [1.807, 2.05) is 13.8 Å². The van der Waals surface area contributed by atoms with Crippen LogP contribution < -0.4 is 0 Å². The number of Topliss-reactive ketones (excluding diaryl/α,β-unsaturated/α-hetero) is 1. The molecule has 2 unspecified atom stereocenters. The molecule has 90 valence electrons. The lowest BCUT2D eigenvalue weighted by atomic mass is 9.78. The minimum atomic E-state index is -0.141. The fourth-order valence-electron chi connectivity index (χ4n) is 2.82. The van der Waals surface area contributed by atoms with E-state index in [1.54, 1.807) is 11.8 Å². The highest BCUT2D eigenvalue weighted by atomic mass is 32.2. The molecule has 17 heavy (non-hydrogen) atoms. The Morgan fingerprint density at radius 1 is 1.47 bits per heavy atom. The summed E-state index contributed by atoms with van der Waals surface area (Å²) < 4.78 is -0.141. The van der Waals surface area contributed by atoms with Crippen molar-refractivity contribution in [2.45, 2.75) is 43.1 Å². The van der Waals surface area contributed by atoms with Gasteiger partial charge < -0.3 is 5.11 Å². The summed E-state index contributed by atoms with van der Waals surface area (Å²) in [5.74, 6) is 0.810. The van der Waals surface area contributed by atoms with Gasteiger partial charge >= 0.3 is 0 Å². The molecular weight excluding hydrogens is 232 g/mol. The van der Waals surface area contributed by atoms with Gasteiger partial charge in [0.15, 0.2) is 0 Å². The van der Waals surface area contributed by atoms with E-state index in [1.165, 1.54) is 5.57 Å². The fraction of sp³-hybridized carbons (Fsp3) is 0.500. The first-order chi connectivity index (χ1) is 8.03. The van der Waals surface area contributed by atoms with E-state index in [0.717, 1.165) is 30.4 Å². The van der Waals surface area contributed by atoms with E-state index in [0.29, 0.717) is 11.5 Å². The van der Waals surface area contributed by atoms with Gasteiger partial charge in [0.25, 0.3) is 0 Å². The summed E-state index contributed by atoms with van der Waals surface area (Å²) in [6.07, 6.45) is 6.84. The summed E-state index contributed by atoms with van der Waals surface area (Å²) in [6, 6.07) is 0. The van der Waals surface area contributed by atoms with Gasteiger partial charge in [0.05, 0.1) is 4.75 Å². The maximum atomic E-state index is 11.8. The third kappa shape index (κ3) is 1.45. The fourth-order valence-corrected chi connectivity index (χ4v) is 4.61. The quantitative estimate of drug-likeness (QED) is 0.714. The highest BCUT2D eigenvalue weighted by Gasteiger charge is 2.49. The largest absolute Gasteiger partial charge is 0.507 e. The van der Waals surface area contributed by atoms with E-state index in [2.05, 4.69) is 12.2 Å². The number of carbonyl (C=O) groups excluding carboxylic acids is 1. The van der Waals surface area contributed by atoms with Crippen molar-refractivity contribution in [2.75, 3.05) is 0 Å². The summed E-state index contributed by atoms with van der Waals surface area (Å²) in [5.41, 5.74) is 3.11. The molecule has 1 heterocycles. The molecule has 2 nitrogen and oxygen atoms in total. The molecule has 3 heteroatoms. The SMILES string of the molecule is CC1=CC2SC3(CC=C2C(C)=C1O)CCC3=O. The molecule has 0 saturated heterocycles. The average molecular weight is 248 g/mol. The van der Waals surface area contributed by atoms with Crippen LogP contribution in [0, 0.1) is 0 Å². The zero-order valence-electron chi connectivity index (χ0n) is 10.1. The minimum Gasteiger partial charge on any atom is -0.507 e. The zero-order valence-corrected chi connectivity index (χ0v) is 10.9. The van der Waals surface area contributed by atoms with Crippen LogP contribution in [0.15, 0.2) is 34.6 Å². The number of allylic oxidation sites excluding steroid dienone is 3. The van der Waals surface area contributed by atoms with Gasteiger partial charge in [0.1, 0.15) is 11.5 Å². The van der Waals surface area contributed by atoms with Crippen molar-refractivity contribution in [2.24, 2.45) is 0 Å². The summed E-state index contributed by atoms with van der Waals surface area (Å²) in [7, 11) is 0. The molecule has 0 aromatic rings. The van der Waals surface area contributed by atoms with Crippen LogP contribution in [0.25, 0.3) is 0 Å². The number of fused-ring (bicyclic) bond motifs is 1. The van der Waals surface area contributed by atoms with Crippen molar-refractivity contribution in [3.8, 4) is 0 Å². The Balaban J connectivity index is 1.99. The van der Waals surface area contributed by atoms with Gasteiger partial charge in [0.2, 0.25) is 0 Å². The Morgan fingerprint density at radius 3 is 2.82 bits per heavy atom. The Morgan fingerprint density at radius 2 is 2.24 bits per heavy atom. The van der Waals surface area contributed by atoms with Gasteiger partial charge in [0, 0.05) is 11.7 Å². The number of thioether (sulfide) groups is 1. The second-order valence-corrected chi connectivity index (χ2v) is 6.67. The van der Waals surface area contributed by atoms with Crippen LogP contribution in [0.4, 0.5) is 0 Å². The first-order valence-corrected chi connectivity index (χ1v) is 6.92. The van der Waals surface area contributed by atoms with E-state index < -0.39 is 0 Å². The molecule has 1 saturated carbocycles. The second kappa shape index (κ2) is 3.52. The monoisotopic (exact) mass is 248 g/mol. The summed E-state index contributed by atoms with van der Waals surface area (Å²) in [4.78, 5) is 11.8. The van der Waals surface area contributed by atoms with Crippen molar-refractivity contribution in [1.82, 2.24) is 0 Å². The minimum absolute atomic E-state index is 0.141. The molecule has 2 atom stereocenters. The normalized spacial score (nSPS) is 36.4. The smallest absolute Gasteiger partial charge is 0.149 e. The van der Waals surface area contributed by atoms with E-state index in [9.17, 15) is 9.90 Å². The van der Waals surface area contributed by atoms with Gasteiger partial charge in [-0.2, -0.15) is 0 Å². The molecule has 3 rings (SSSR count). The number of hydrogen-bond acceptors (Lipinski definition) is 3. The maximum Gasteiger partial charge on any atom is 0.149 e.